The molecule has 0 atom stereocenters. The summed E-state index contributed by atoms with van der Waals surface area (Å²) in [6.45, 7) is 2.51. The van der Waals surface area contributed by atoms with Crippen LogP contribution in [0, 0.1) is 12.8 Å². The molecule has 2 aromatic carbocycles. The maximum Gasteiger partial charge on any atom is 0.229 e. The van der Waals surface area contributed by atoms with Gasteiger partial charge < -0.3 is 20.5 Å². The van der Waals surface area contributed by atoms with Crippen molar-refractivity contribution in [3.63, 3.8) is 0 Å². The van der Waals surface area contributed by atoms with Crippen LogP contribution in [0.15, 0.2) is 42.5 Å². The molecule has 1 fully saturated rings. The van der Waals surface area contributed by atoms with Gasteiger partial charge in [0.15, 0.2) is 5.13 Å². The molecule has 1 aliphatic rings. The number of hydrogen-bond acceptors (Lipinski definition) is 6. The van der Waals surface area contributed by atoms with Gasteiger partial charge in [-0.1, -0.05) is 36.3 Å². The number of thiazole rings is 1. The van der Waals surface area contributed by atoms with E-state index in [4.69, 9.17) is 4.74 Å². The Kier molecular flexibility index (Phi) is 6.42. The molecule has 0 saturated heterocycles. The number of nitrogens with one attached hydrogen (secondary N) is 2. The first-order valence-corrected chi connectivity index (χ1v) is 11.3. The maximum absolute atomic E-state index is 12.5. The van der Waals surface area contributed by atoms with Crippen molar-refractivity contribution >= 4 is 28.1 Å². The minimum Gasteiger partial charge on any atom is -0.508 e. The largest absolute Gasteiger partial charge is 0.508 e. The van der Waals surface area contributed by atoms with Gasteiger partial charge in [0.2, 0.25) is 5.91 Å². The molecule has 0 unspecified atom stereocenters. The van der Waals surface area contributed by atoms with Crippen LogP contribution in [-0.4, -0.2) is 23.1 Å². The van der Waals surface area contributed by atoms with E-state index in [0.29, 0.717) is 11.7 Å². The zero-order valence-corrected chi connectivity index (χ0v) is 18.6. The van der Waals surface area contributed by atoms with Crippen LogP contribution in [0.3, 0.4) is 0 Å². The molecular formula is C24H27N3O3S. The van der Waals surface area contributed by atoms with Gasteiger partial charge >= 0.3 is 0 Å². The van der Waals surface area contributed by atoms with Crippen molar-refractivity contribution in [3.05, 3.63) is 53.7 Å². The number of anilines is 2. The van der Waals surface area contributed by atoms with Crippen LogP contribution >= 0.6 is 11.3 Å². The summed E-state index contributed by atoms with van der Waals surface area (Å²) in [5.41, 5.74) is 3.72. The number of methoxy groups -OCH3 is 1. The molecular weight excluding hydrogens is 410 g/mol. The van der Waals surface area contributed by atoms with E-state index < -0.39 is 0 Å². The van der Waals surface area contributed by atoms with Gasteiger partial charge in [-0.15, -0.1) is 0 Å². The van der Waals surface area contributed by atoms with Gasteiger partial charge in [-0.05, 0) is 61.2 Å². The van der Waals surface area contributed by atoms with Crippen LogP contribution in [0.25, 0.3) is 10.4 Å². The summed E-state index contributed by atoms with van der Waals surface area (Å²) in [5, 5.41) is 16.7. The summed E-state index contributed by atoms with van der Waals surface area (Å²) in [7, 11) is 1.64. The summed E-state index contributed by atoms with van der Waals surface area (Å²) in [4.78, 5) is 18.1. The highest BCUT2D eigenvalue weighted by molar-refractivity contribution is 7.19. The number of ether oxygens (including phenoxy) is 1. The number of aromatic nitrogens is 1. The topological polar surface area (TPSA) is 83.5 Å². The highest BCUT2D eigenvalue weighted by atomic mass is 32.1. The summed E-state index contributed by atoms with van der Waals surface area (Å²) in [5.74, 6) is 1.18. The monoisotopic (exact) mass is 437 g/mol. The zero-order valence-electron chi connectivity index (χ0n) is 17.8. The van der Waals surface area contributed by atoms with Crippen LogP contribution in [0.5, 0.6) is 11.5 Å². The van der Waals surface area contributed by atoms with Crippen LogP contribution in [0.1, 0.15) is 36.9 Å². The van der Waals surface area contributed by atoms with E-state index in [1.54, 1.807) is 19.2 Å². The van der Waals surface area contributed by atoms with Gasteiger partial charge in [0.25, 0.3) is 0 Å². The van der Waals surface area contributed by atoms with Gasteiger partial charge in [-0.25, -0.2) is 4.98 Å². The second-order valence-electron chi connectivity index (χ2n) is 7.84. The second kappa shape index (κ2) is 9.39. The fourth-order valence-electron chi connectivity index (χ4n) is 3.96. The van der Waals surface area contributed by atoms with Crippen molar-refractivity contribution in [3.8, 4) is 21.9 Å². The number of aryl methyl sites for hydroxylation is 1. The van der Waals surface area contributed by atoms with Gasteiger partial charge in [0, 0.05) is 12.5 Å². The number of aromatic hydroxyl groups is 1. The summed E-state index contributed by atoms with van der Waals surface area (Å²) in [6, 6.07) is 13.1. The van der Waals surface area contributed by atoms with Gasteiger partial charge in [0.1, 0.15) is 11.5 Å². The third-order valence-electron chi connectivity index (χ3n) is 5.61. The minimum absolute atomic E-state index is 0.0843. The van der Waals surface area contributed by atoms with E-state index in [1.165, 1.54) is 11.3 Å². The Morgan fingerprint density at radius 1 is 1.23 bits per heavy atom. The molecule has 1 amide bonds. The third kappa shape index (κ3) is 4.99. The Morgan fingerprint density at radius 3 is 2.77 bits per heavy atom. The van der Waals surface area contributed by atoms with Crippen molar-refractivity contribution in [1.82, 2.24) is 4.98 Å². The molecule has 31 heavy (non-hydrogen) atoms. The van der Waals surface area contributed by atoms with Crippen molar-refractivity contribution in [2.75, 3.05) is 17.7 Å². The number of carbonyl (C=O) groups is 1. The number of phenolic OH excluding ortho intramolecular Hbond substituents is 1. The Labute approximate surface area is 186 Å². The van der Waals surface area contributed by atoms with Crippen molar-refractivity contribution in [2.24, 2.45) is 5.92 Å². The van der Waals surface area contributed by atoms with Crippen molar-refractivity contribution in [1.29, 1.82) is 0 Å². The standard InChI is InChI=1S/C24H27N3O3S/c1-15-22(31-24(26-15)27-23(29)17-7-3-4-8-17)18-10-11-21(30-2)20(13-18)25-14-16-6-5-9-19(28)12-16/h5-6,9-13,17,25,28H,3-4,7-8,14H2,1-2H3,(H,26,27,29). The quantitative estimate of drug-likeness (QED) is 0.450. The van der Waals surface area contributed by atoms with Gasteiger partial charge in [-0.2, -0.15) is 0 Å². The van der Waals surface area contributed by atoms with Gasteiger partial charge in [-0.3, -0.25) is 4.79 Å². The molecule has 0 radical (unpaired) electrons. The highest BCUT2D eigenvalue weighted by Crippen LogP contribution is 2.37. The van der Waals surface area contributed by atoms with E-state index >= 15 is 0 Å². The smallest absolute Gasteiger partial charge is 0.229 e. The van der Waals surface area contributed by atoms with Crippen molar-refractivity contribution in [2.45, 2.75) is 39.2 Å². The molecule has 0 aliphatic heterocycles. The lowest BCUT2D eigenvalue weighted by molar-refractivity contribution is -0.119. The molecule has 1 saturated carbocycles. The molecule has 1 heterocycles. The lowest BCUT2D eigenvalue weighted by atomic mass is 10.1. The fourth-order valence-corrected chi connectivity index (χ4v) is 4.93. The lowest BCUT2D eigenvalue weighted by Gasteiger charge is -2.13. The highest BCUT2D eigenvalue weighted by Gasteiger charge is 2.24. The second-order valence-corrected chi connectivity index (χ2v) is 8.84. The van der Waals surface area contributed by atoms with Crippen molar-refractivity contribution < 1.29 is 14.6 Å². The number of benzene rings is 2. The molecule has 3 aromatic rings. The van der Waals surface area contributed by atoms with E-state index in [0.717, 1.165) is 58.8 Å². The van der Waals surface area contributed by atoms with Gasteiger partial charge in [0.05, 0.1) is 23.4 Å². The Bertz CT molecular complexity index is 1070. The zero-order chi connectivity index (χ0) is 21.8. The summed E-state index contributed by atoms with van der Waals surface area (Å²) in [6.07, 6.45) is 4.19. The summed E-state index contributed by atoms with van der Waals surface area (Å²) < 4.78 is 5.51. The average Bonchev–Trinajstić information content (AvgIpc) is 3.42. The third-order valence-corrected chi connectivity index (χ3v) is 6.73. The van der Waals surface area contributed by atoms with Crippen LogP contribution in [-0.2, 0) is 11.3 Å². The summed E-state index contributed by atoms with van der Waals surface area (Å²) >= 11 is 1.49. The van der Waals surface area contributed by atoms with Crippen LogP contribution in [0.4, 0.5) is 10.8 Å². The van der Waals surface area contributed by atoms with E-state index in [-0.39, 0.29) is 17.6 Å². The Morgan fingerprint density at radius 2 is 2.03 bits per heavy atom. The number of rotatable bonds is 7. The lowest BCUT2D eigenvalue weighted by Crippen LogP contribution is -2.20. The predicted molar refractivity (Wildman–Crippen MR) is 125 cm³/mol. The SMILES string of the molecule is COc1ccc(-c2sc(NC(=O)C3CCCC3)nc2C)cc1NCc1cccc(O)c1. The first-order valence-electron chi connectivity index (χ1n) is 10.5. The number of carbonyl (C=O) groups excluding carboxylic acids is 1. The molecule has 6 nitrogen and oxygen atoms in total. The number of nitrogens with zero attached hydrogens (tertiary/aromatic N) is 1. The normalized spacial score (nSPS) is 13.9. The van der Waals surface area contributed by atoms with E-state index in [9.17, 15) is 9.90 Å². The Hall–Kier alpha value is -3.06. The van der Waals surface area contributed by atoms with Crippen LogP contribution < -0.4 is 15.4 Å². The minimum atomic E-state index is 0.0843. The molecule has 7 heteroatoms. The predicted octanol–water partition coefficient (Wildman–Crippen LogP) is 5.57. The first kappa shape index (κ1) is 21.2. The first-order chi connectivity index (χ1) is 15.0. The molecule has 0 spiro atoms. The molecule has 3 N–H and O–H groups in total. The number of hydrogen-bond donors (Lipinski definition) is 3. The molecule has 1 aliphatic carbocycles. The number of amides is 1. The molecule has 0 bridgehead atoms. The molecule has 162 valence electrons. The number of phenols is 1. The van der Waals surface area contributed by atoms with E-state index in [1.807, 2.05) is 37.3 Å². The molecule has 1 aromatic heterocycles. The Balaban J connectivity index is 1.53. The fraction of sp³-hybridized carbons (Fsp3) is 0.333. The average molecular weight is 438 g/mol. The van der Waals surface area contributed by atoms with Crippen LogP contribution in [0.2, 0.25) is 0 Å². The van der Waals surface area contributed by atoms with E-state index in [2.05, 4.69) is 15.6 Å². The maximum atomic E-state index is 12.5. The molecule has 4 rings (SSSR count).